The van der Waals surface area contributed by atoms with Gasteiger partial charge in [-0.05, 0) is 53.5 Å². The minimum absolute atomic E-state index is 0.137. The Morgan fingerprint density at radius 3 is 1.89 bits per heavy atom. The Kier molecular flexibility index (Phi) is 6.13. The van der Waals surface area contributed by atoms with Crippen molar-refractivity contribution in [2.24, 2.45) is 0 Å². The van der Waals surface area contributed by atoms with Crippen LogP contribution in [0.3, 0.4) is 0 Å². The number of benzene rings is 3. The maximum atomic E-state index is 13.0. The van der Waals surface area contributed by atoms with Gasteiger partial charge in [-0.1, -0.05) is 68.9 Å². The lowest BCUT2D eigenvalue weighted by atomic mass is 10.1. The average molecular weight is 517 g/mol. The molecule has 0 aromatic heterocycles. The molecule has 0 bridgehead atoms. The molecule has 0 spiro atoms. The molecule has 7 heteroatoms. The average Bonchev–Trinajstić information content (AvgIpc) is 3.08. The van der Waals surface area contributed by atoms with Crippen LogP contribution in [-0.2, 0) is 17.6 Å². The zero-order valence-electron chi connectivity index (χ0n) is 21.7. The van der Waals surface area contributed by atoms with Crippen LogP contribution in [0.4, 0.5) is 11.4 Å². The molecule has 0 radical (unpaired) electrons. The largest absolute Gasteiger partial charge is 0.413 e. The first-order chi connectivity index (χ1) is 17.0. The fraction of sp³-hybridized carbons (Fsp3) is 0.310. The van der Waals surface area contributed by atoms with Gasteiger partial charge >= 0.3 is 0 Å². The van der Waals surface area contributed by atoms with Crippen LogP contribution in [0.1, 0.15) is 52.6 Å². The van der Waals surface area contributed by atoms with E-state index in [1.54, 1.807) is 36.0 Å². The first-order valence-corrected chi connectivity index (χ1v) is 16.0. The van der Waals surface area contributed by atoms with Crippen LogP contribution in [0, 0.1) is 0 Å². The molecule has 0 aliphatic carbocycles. The highest BCUT2D eigenvalue weighted by Gasteiger charge is 2.38. The van der Waals surface area contributed by atoms with Crippen molar-refractivity contribution in [3.05, 3.63) is 82.9 Å². The Morgan fingerprint density at radius 2 is 1.33 bits per heavy atom. The molecule has 5 nitrogen and oxygen atoms in total. The van der Waals surface area contributed by atoms with Crippen molar-refractivity contribution in [2.45, 2.75) is 61.8 Å². The predicted octanol–water partition coefficient (Wildman–Crippen LogP) is 7.24. The van der Waals surface area contributed by atoms with Crippen LogP contribution in [0.15, 0.2) is 70.5 Å². The smallest absolute Gasteiger partial charge is 0.261 e. The van der Waals surface area contributed by atoms with Gasteiger partial charge in [0, 0.05) is 16.8 Å². The van der Waals surface area contributed by atoms with E-state index in [4.69, 9.17) is 4.43 Å². The normalized spacial score (nSPS) is 15.2. The predicted molar refractivity (Wildman–Crippen MR) is 148 cm³/mol. The summed E-state index contributed by atoms with van der Waals surface area (Å²) in [6.07, 6.45) is 0. The van der Waals surface area contributed by atoms with E-state index in [2.05, 4.69) is 70.1 Å². The second kappa shape index (κ2) is 8.90. The molecule has 5 rings (SSSR count). The molecule has 0 saturated carbocycles. The summed E-state index contributed by atoms with van der Waals surface area (Å²) in [5.74, 6) is -0.461. The van der Waals surface area contributed by atoms with Crippen molar-refractivity contribution in [1.82, 2.24) is 4.90 Å². The van der Waals surface area contributed by atoms with Crippen molar-refractivity contribution in [3.63, 3.8) is 0 Å². The summed E-state index contributed by atoms with van der Waals surface area (Å²) >= 11 is 1.71. The number of fused-ring (bicyclic) bond motifs is 3. The third-order valence-electron chi connectivity index (χ3n) is 7.68. The molecule has 3 aromatic carbocycles. The molecule has 2 aliphatic rings. The van der Waals surface area contributed by atoms with Crippen LogP contribution < -0.4 is 4.90 Å². The number of rotatable bonds is 5. The number of carbonyl (C=O) groups is 2. The molecule has 186 valence electrons. The van der Waals surface area contributed by atoms with Crippen LogP contribution >= 0.6 is 11.8 Å². The minimum Gasteiger partial charge on any atom is -0.413 e. The van der Waals surface area contributed by atoms with Gasteiger partial charge in [0.1, 0.15) is 0 Å². The lowest BCUT2D eigenvalue weighted by Crippen LogP contribution is -2.40. The molecular weight excluding hydrogens is 484 g/mol. The highest BCUT2D eigenvalue weighted by Crippen LogP contribution is 2.51. The van der Waals surface area contributed by atoms with E-state index in [0.717, 1.165) is 27.4 Å². The SMILES string of the molecule is CN1c2cccc(CO[Si](C)(C)C(C)(C)C)c2Sc2c(CN3C(=O)c4ccccc4C3=O)cccc21. The molecule has 0 unspecified atom stereocenters. The topological polar surface area (TPSA) is 49.9 Å². The van der Waals surface area contributed by atoms with E-state index in [1.165, 1.54) is 9.80 Å². The zero-order chi connectivity index (χ0) is 25.8. The van der Waals surface area contributed by atoms with Gasteiger partial charge in [0.2, 0.25) is 0 Å². The van der Waals surface area contributed by atoms with Crippen molar-refractivity contribution in [1.29, 1.82) is 0 Å². The van der Waals surface area contributed by atoms with Gasteiger partial charge in [-0.15, -0.1) is 0 Å². The maximum absolute atomic E-state index is 13.0. The maximum Gasteiger partial charge on any atom is 0.261 e. The quantitative estimate of drug-likeness (QED) is 0.264. The minimum atomic E-state index is -1.91. The summed E-state index contributed by atoms with van der Waals surface area (Å²) in [5.41, 5.74) is 5.30. The fourth-order valence-corrected chi connectivity index (χ4v) is 6.70. The number of amides is 2. The molecule has 36 heavy (non-hydrogen) atoms. The molecule has 0 N–H and O–H groups in total. The highest BCUT2D eigenvalue weighted by atomic mass is 32.2. The van der Waals surface area contributed by atoms with Crippen LogP contribution in [0.2, 0.25) is 18.1 Å². The summed E-state index contributed by atoms with van der Waals surface area (Å²) in [5, 5.41) is 0.137. The van der Waals surface area contributed by atoms with Crippen LogP contribution in [0.25, 0.3) is 0 Å². The van der Waals surface area contributed by atoms with Gasteiger partial charge in [0.15, 0.2) is 8.32 Å². The molecular formula is C29H32N2O3SSi. The Bertz CT molecular complexity index is 1340. The third kappa shape index (κ3) is 4.09. The molecule has 2 aliphatic heterocycles. The Balaban J connectivity index is 1.47. The van der Waals surface area contributed by atoms with Gasteiger partial charge in [-0.25, -0.2) is 0 Å². The first kappa shape index (κ1) is 24.8. The Morgan fingerprint density at radius 1 is 0.806 bits per heavy atom. The van der Waals surface area contributed by atoms with Crippen molar-refractivity contribution >= 4 is 43.3 Å². The fourth-order valence-electron chi connectivity index (χ4n) is 4.40. The monoisotopic (exact) mass is 516 g/mol. The summed E-state index contributed by atoms with van der Waals surface area (Å²) < 4.78 is 6.58. The van der Waals surface area contributed by atoms with Crippen LogP contribution in [-0.4, -0.2) is 32.1 Å². The number of nitrogens with zero attached hydrogens (tertiary/aromatic N) is 2. The lowest BCUT2D eigenvalue weighted by molar-refractivity contribution is 0.0641. The zero-order valence-corrected chi connectivity index (χ0v) is 23.5. The summed E-state index contributed by atoms with van der Waals surface area (Å²) in [6.45, 7) is 12.1. The van der Waals surface area contributed by atoms with E-state index < -0.39 is 8.32 Å². The Hall–Kier alpha value is -2.87. The standard InChI is InChI=1S/C29H32N2O3SSi/c1-29(2,3)36(5,6)34-18-20-12-10-16-24-26(20)35-25-19(11-9-15-23(25)30(24)4)17-31-27(32)21-13-7-8-14-22(21)28(31)33/h7-16H,17-18H2,1-6H3. The van der Waals surface area contributed by atoms with Crippen molar-refractivity contribution in [2.75, 3.05) is 11.9 Å². The number of carbonyl (C=O) groups excluding carboxylic acids is 2. The molecule has 3 aromatic rings. The number of imide groups is 1. The van der Waals surface area contributed by atoms with Crippen molar-refractivity contribution in [3.8, 4) is 0 Å². The first-order valence-electron chi connectivity index (χ1n) is 12.2. The summed E-state index contributed by atoms with van der Waals surface area (Å²) in [6, 6.07) is 19.5. The van der Waals surface area contributed by atoms with Gasteiger partial charge in [-0.3, -0.25) is 14.5 Å². The molecule has 0 atom stereocenters. The van der Waals surface area contributed by atoms with E-state index in [-0.39, 0.29) is 23.4 Å². The van der Waals surface area contributed by atoms with Crippen LogP contribution in [0.5, 0.6) is 0 Å². The van der Waals surface area contributed by atoms with Gasteiger partial charge < -0.3 is 9.33 Å². The third-order valence-corrected chi connectivity index (χ3v) is 13.5. The van der Waals surface area contributed by atoms with Gasteiger partial charge in [-0.2, -0.15) is 0 Å². The number of hydrogen-bond acceptors (Lipinski definition) is 5. The molecule has 2 amide bonds. The number of hydrogen-bond donors (Lipinski definition) is 0. The summed E-state index contributed by atoms with van der Waals surface area (Å²) in [7, 11) is 0.163. The lowest BCUT2D eigenvalue weighted by Gasteiger charge is -2.37. The Labute approximate surface area is 218 Å². The van der Waals surface area contributed by atoms with E-state index in [9.17, 15) is 9.59 Å². The van der Waals surface area contributed by atoms with Crippen molar-refractivity contribution < 1.29 is 14.0 Å². The highest BCUT2D eigenvalue weighted by molar-refractivity contribution is 7.99. The second-order valence-corrected chi connectivity index (χ2v) is 16.8. The molecule has 0 saturated heterocycles. The van der Waals surface area contributed by atoms with E-state index in [0.29, 0.717) is 17.7 Å². The van der Waals surface area contributed by atoms with E-state index in [1.807, 2.05) is 12.1 Å². The number of anilines is 2. The van der Waals surface area contributed by atoms with E-state index >= 15 is 0 Å². The second-order valence-electron chi connectivity index (χ2n) is 11.0. The summed E-state index contributed by atoms with van der Waals surface area (Å²) in [4.78, 5) is 31.9. The van der Waals surface area contributed by atoms with Gasteiger partial charge in [0.25, 0.3) is 11.8 Å². The molecule has 0 fully saturated rings. The van der Waals surface area contributed by atoms with Gasteiger partial charge in [0.05, 0.1) is 35.7 Å². The molecule has 2 heterocycles.